The molecule has 0 fully saturated rings. The summed E-state index contributed by atoms with van der Waals surface area (Å²) < 4.78 is 6.40. The van der Waals surface area contributed by atoms with Crippen LogP contribution in [0.1, 0.15) is 65.6 Å². The average Bonchev–Trinajstić information content (AvgIpc) is 2.89. The molecule has 0 heterocycles. The third-order valence-electron chi connectivity index (χ3n) is 7.07. The molecule has 0 aliphatic heterocycles. The minimum Gasteiger partial charge on any atom is -0.489 e. The molecule has 0 spiro atoms. The van der Waals surface area contributed by atoms with Crippen LogP contribution < -0.4 is 4.74 Å². The van der Waals surface area contributed by atoms with Gasteiger partial charge in [0.15, 0.2) is 0 Å². The Morgan fingerprint density at radius 2 is 1.25 bits per heavy atom. The minimum absolute atomic E-state index is 0.595. The van der Waals surface area contributed by atoms with Gasteiger partial charge in [-0.25, -0.2) is 0 Å². The highest BCUT2D eigenvalue weighted by molar-refractivity contribution is 5.74. The van der Waals surface area contributed by atoms with Crippen molar-refractivity contribution in [3.63, 3.8) is 0 Å². The molecule has 4 rings (SSSR count). The first-order valence-electron chi connectivity index (χ1n) is 13.6. The molecule has 1 nitrogen and oxygen atoms in total. The van der Waals surface area contributed by atoms with E-state index in [1.807, 2.05) is 0 Å². The summed E-state index contributed by atoms with van der Waals surface area (Å²) in [5.41, 5.74) is 12.2. The van der Waals surface area contributed by atoms with Crippen molar-refractivity contribution in [2.45, 2.75) is 72.8 Å². The number of rotatable bonds is 11. The molecule has 0 aliphatic rings. The predicted molar refractivity (Wildman–Crippen MR) is 154 cm³/mol. The first-order chi connectivity index (χ1) is 17.6. The lowest BCUT2D eigenvalue weighted by Gasteiger charge is -2.20. The third-order valence-corrected chi connectivity index (χ3v) is 7.07. The molecular formula is C35H40O. The van der Waals surface area contributed by atoms with Gasteiger partial charge in [-0.15, -0.1) is 0 Å². The summed E-state index contributed by atoms with van der Waals surface area (Å²) in [4.78, 5) is 0. The zero-order chi connectivity index (χ0) is 25.3. The summed E-state index contributed by atoms with van der Waals surface area (Å²) in [6.45, 7) is 9.43. The number of hydrogen-bond donors (Lipinski definition) is 0. The summed E-state index contributed by atoms with van der Waals surface area (Å²) in [6, 6.07) is 31.0. The van der Waals surface area contributed by atoms with E-state index in [4.69, 9.17) is 4.74 Å². The van der Waals surface area contributed by atoms with E-state index in [0.717, 1.165) is 31.4 Å². The van der Waals surface area contributed by atoms with Crippen LogP contribution in [0.4, 0.5) is 0 Å². The van der Waals surface area contributed by atoms with Crippen LogP contribution in [0.25, 0.3) is 11.1 Å². The molecule has 0 saturated heterocycles. The lowest BCUT2D eigenvalue weighted by molar-refractivity contribution is 0.303. The first-order valence-corrected chi connectivity index (χ1v) is 13.6. The maximum atomic E-state index is 6.40. The van der Waals surface area contributed by atoms with Crippen LogP contribution in [0, 0.1) is 13.8 Å². The first kappa shape index (κ1) is 25.8. The molecule has 0 atom stereocenters. The Hall–Kier alpha value is -3.32. The monoisotopic (exact) mass is 476 g/mol. The fraction of sp³-hybridized carbons (Fsp3) is 0.314. The molecule has 0 bridgehead atoms. The summed E-state index contributed by atoms with van der Waals surface area (Å²) in [5, 5.41) is 0. The Morgan fingerprint density at radius 3 is 1.94 bits per heavy atom. The zero-order valence-corrected chi connectivity index (χ0v) is 22.4. The number of aryl methyl sites for hydroxylation is 4. The molecule has 0 unspecified atom stereocenters. The van der Waals surface area contributed by atoms with Gasteiger partial charge in [0.2, 0.25) is 0 Å². The van der Waals surface area contributed by atoms with Gasteiger partial charge in [-0.1, -0.05) is 110 Å². The minimum atomic E-state index is 0.595. The highest BCUT2D eigenvalue weighted by Crippen LogP contribution is 2.36. The summed E-state index contributed by atoms with van der Waals surface area (Å²) >= 11 is 0. The van der Waals surface area contributed by atoms with Crippen molar-refractivity contribution in [3.05, 3.63) is 124 Å². The molecule has 0 amide bonds. The molecule has 1 heteroatoms. The lowest BCUT2D eigenvalue weighted by atomic mass is 9.87. The van der Waals surface area contributed by atoms with Crippen LogP contribution in [0.3, 0.4) is 0 Å². The fourth-order valence-electron chi connectivity index (χ4n) is 5.20. The number of benzene rings is 4. The van der Waals surface area contributed by atoms with Crippen molar-refractivity contribution >= 4 is 0 Å². The highest BCUT2D eigenvalue weighted by atomic mass is 16.5. The van der Waals surface area contributed by atoms with Crippen LogP contribution in [-0.4, -0.2) is 0 Å². The van der Waals surface area contributed by atoms with Crippen molar-refractivity contribution in [1.29, 1.82) is 0 Å². The quantitative estimate of drug-likeness (QED) is 0.210. The van der Waals surface area contributed by atoms with Crippen molar-refractivity contribution < 1.29 is 4.74 Å². The predicted octanol–water partition coefficient (Wildman–Crippen LogP) is 9.24. The van der Waals surface area contributed by atoms with Gasteiger partial charge in [-0.05, 0) is 85.4 Å². The molecule has 36 heavy (non-hydrogen) atoms. The number of ether oxygens (including phenoxy) is 1. The van der Waals surface area contributed by atoms with Gasteiger partial charge in [-0.2, -0.15) is 0 Å². The van der Waals surface area contributed by atoms with Crippen LogP contribution in [0.5, 0.6) is 5.75 Å². The van der Waals surface area contributed by atoms with Crippen molar-refractivity contribution in [1.82, 2.24) is 0 Å². The molecule has 4 aromatic carbocycles. The van der Waals surface area contributed by atoms with Gasteiger partial charge in [0.25, 0.3) is 0 Å². The topological polar surface area (TPSA) is 9.23 Å². The van der Waals surface area contributed by atoms with Gasteiger partial charge < -0.3 is 4.74 Å². The van der Waals surface area contributed by atoms with Gasteiger partial charge in [0.1, 0.15) is 12.4 Å². The summed E-state index contributed by atoms with van der Waals surface area (Å²) in [5.74, 6) is 1.00. The van der Waals surface area contributed by atoms with E-state index >= 15 is 0 Å². The van der Waals surface area contributed by atoms with Crippen molar-refractivity contribution in [2.75, 3.05) is 0 Å². The van der Waals surface area contributed by atoms with E-state index in [0.29, 0.717) is 6.61 Å². The summed E-state index contributed by atoms with van der Waals surface area (Å²) in [6.07, 6.45) is 6.62. The standard InChI is InChI=1S/C35H40O/c1-5-7-17-32-30(22-21-28-14-8-12-26(3)23-28)16-10-18-34(32)33-19-11-20-35(31(33)6-2)36-25-29-15-9-13-27(4)24-29/h8-16,18-20,23-24H,5-7,17,21-22,25H2,1-4H3. The van der Waals surface area contributed by atoms with Crippen LogP contribution in [-0.2, 0) is 32.3 Å². The highest BCUT2D eigenvalue weighted by Gasteiger charge is 2.16. The Morgan fingerprint density at radius 1 is 0.611 bits per heavy atom. The third kappa shape index (κ3) is 6.46. The largest absolute Gasteiger partial charge is 0.489 e. The maximum absolute atomic E-state index is 6.40. The Kier molecular flexibility index (Phi) is 9.01. The smallest absolute Gasteiger partial charge is 0.123 e. The van der Waals surface area contributed by atoms with Gasteiger partial charge in [0.05, 0.1) is 0 Å². The van der Waals surface area contributed by atoms with E-state index in [-0.39, 0.29) is 0 Å². The zero-order valence-electron chi connectivity index (χ0n) is 22.4. The normalized spacial score (nSPS) is 11.0. The molecule has 186 valence electrons. The fourth-order valence-corrected chi connectivity index (χ4v) is 5.20. The second-order valence-electron chi connectivity index (χ2n) is 9.95. The lowest BCUT2D eigenvalue weighted by Crippen LogP contribution is -2.03. The van der Waals surface area contributed by atoms with E-state index in [1.54, 1.807) is 0 Å². The van der Waals surface area contributed by atoms with E-state index in [1.165, 1.54) is 62.9 Å². The molecule has 0 aromatic heterocycles. The van der Waals surface area contributed by atoms with E-state index in [2.05, 4.69) is 113 Å². The van der Waals surface area contributed by atoms with Crippen molar-refractivity contribution in [3.8, 4) is 16.9 Å². The number of unbranched alkanes of at least 4 members (excludes halogenated alkanes) is 1. The Labute approximate surface area is 218 Å². The Bertz CT molecular complexity index is 1280. The summed E-state index contributed by atoms with van der Waals surface area (Å²) in [7, 11) is 0. The van der Waals surface area contributed by atoms with Gasteiger partial charge in [0, 0.05) is 5.56 Å². The van der Waals surface area contributed by atoms with Gasteiger partial charge >= 0.3 is 0 Å². The van der Waals surface area contributed by atoms with Crippen LogP contribution in [0.2, 0.25) is 0 Å². The SMILES string of the molecule is CCCCc1c(CCc2cccc(C)c2)cccc1-c1cccc(OCc2cccc(C)c2)c1CC. The van der Waals surface area contributed by atoms with E-state index in [9.17, 15) is 0 Å². The Balaban J connectivity index is 1.66. The van der Waals surface area contributed by atoms with Crippen LogP contribution >= 0.6 is 0 Å². The second-order valence-corrected chi connectivity index (χ2v) is 9.95. The second kappa shape index (κ2) is 12.6. The van der Waals surface area contributed by atoms with Crippen LogP contribution in [0.15, 0.2) is 84.9 Å². The van der Waals surface area contributed by atoms with Crippen molar-refractivity contribution in [2.24, 2.45) is 0 Å². The van der Waals surface area contributed by atoms with E-state index < -0.39 is 0 Å². The molecule has 0 radical (unpaired) electrons. The average molecular weight is 477 g/mol. The molecule has 4 aromatic rings. The molecule has 0 saturated carbocycles. The molecule has 0 aliphatic carbocycles. The maximum Gasteiger partial charge on any atom is 0.123 e. The number of hydrogen-bond acceptors (Lipinski definition) is 1. The van der Waals surface area contributed by atoms with Gasteiger partial charge in [-0.3, -0.25) is 0 Å². The molecular weight excluding hydrogens is 436 g/mol. The molecule has 0 N–H and O–H groups in total.